The first-order chi connectivity index (χ1) is 13.7. The number of hydrogen-bond donors (Lipinski definition) is 2. The van der Waals surface area contributed by atoms with Crippen LogP contribution in [0.1, 0.15) is 21.7 Å². The van der Waals surface area contributed by atoms with Gasteiger partial charge in [-0.05, 0) is 44.2 Å². The molecule has 2 aromatic heterocycles. The summed E-state index contributed by atoms with van der Waals surface area (Å²) in [7, 11) is 0. The van der Waals surface area contributed by atoms with Gasteiger partial charge >= 0.3 is 6.61 Å². The van der Waals surface area contributed by atoms with Gasteiger partial charge in [0.05, 0.1) is 5.75 Å². The fourth-order valence-corrected chi connectivity index (χ4v) is 3.61. The Balaban J connectivity index is 1.78. The number of hydrogen-bond acceptors (Lipinski definition) is 8. The van der Waals surface area contributed by atoms with Gasteiger partial charge in [-0.15, -0.1) is 0 Å². The lowest BCUT2D eigenvalue weighted by Crippen LogP contribution is -2.08. The lowest BCUT2D eigenvalue weighted by molar-refractivity contribution is -0.0498. The maximum atomic E-state index is 12.7. The molecule has 152 valence electrons. The predicted molar refractivity (Wildman–Crippen MR) is 106 cm³/mol. The van der Waals surface area contributed by atoms with E-state index in [-0.39, 0.29) is 34.3 Å². The van der Waals surface area contributed by atoms with Crippen LogP contribution in [0, 0.1) is 13.8 Å². The Labute approximate surface area is 169 Å². The summed E-state index contributed by atoms with van der Waals surface area (Å²) >= 11 is 1.11. The summed E-state index contributed by atoms with van der Waals surface area (Å²) in [5, 5.41) is 0.270. The number of ketones is 1. The third-order valence-electron chi connectivity index (χ3n) is 4.03. The molecule has 11 heteroatoms. The van der Waals surface area contributed by atoms with Crippen molar-refractivity contribution in [3.63, 3.8) is 0 Å². The molecule has 2 heterocycles. The summed E-state index contributed by atoms with van der Waals surface area (Å²) in [6.07, 6.45) is 0. The van der Waals surface area contributed by atoms with E-state index in [1.807, 2.05) is 18.4 Å². The van der Waals surface area contributed by atoms with Crippen molar-refractivity contribution < 1.29 is 18.3 Å². The molecule has 3 rings (SSSR count). The van der Waals surface area contributed by atoms with Crippen LogP contribution in [0.25, 0.3) is 5.69 Å². The monoisotopic (exact) mass is 420 g/mol. The van der Waals surface area contributed by atoms with Crippen LogP contribution in [-0.2, 0) is 0 Å². The molecule has 0 aliphatic rings. The number of nitrogen functional groups attached to an aromatic ring is 2. The molecule has 0 aliphatic carbocycles. The maximum absolute atomic E-state index is 12.7. The molecule has 29 heavy (non-hydrogen) atoms. The number of nitrogens with zero attached hydrogens (tertiary/aromatic N) is 4. The average molecular weight is 420 g/mol. The van der Waals surface area contributed by atoms with Crippen LogP contribution < -0.4 is 16.2 Å². The van der Waals surface area contributed by atoms with Gasteiger partial charge in [0.25, 0.3) is 0 Å². The van der Waals surface area contributed by atoms with E-state index >= 15 is 0 Å². The van der Waals surface area contributed by atoms with Crippen LogP contribution in [-0.4, -0.2) is 37.7 Å². The van der Waals surface area contributed by atoms with Crippen molar-refractivity contribution in [2.75, 3.05) is 17.2 Å². The van der Waals surface area contributed by atoms with E-state index in [1.165, 1.54) is 12.1 Å². The number of nitrogens with two attached hydrogens (primary N) is 2. The first kappa shape index (κ1) is 20.5. The summed E-state index contributed by atoms with van der Waals surface area (Å²) in [4.78, 5) is 24.3. The Bertz CT molecular complexity index is 1020. The van der Waals surface area contributed by atoms with Crippen molar-refractivity contribution in [3.8, 4) is 11.4 Å². The third kappa shape index (κ3) is 4.80. The minimum absolute atomic E-state index is 0.00936. The summed E-state index contributed by atoms with van der Waals surface area (Å²) in [6.45, 7) is 0.786. The van der Waals surface area contributed by atoms with Crippen molar-refractivity contribution in [3.05, 3.63) is 47.3 Å². The zero-order valence-corrected chi connectivity index (χ0v) is 16.4. The summed E-state index contributed by atoms with van der Waals surface area (Å²) in [5.41, 5.74) is 13.9. The predicted octanol–water partition coefficient (Wildman–Crippen LogP) is 3.02. The van der Waals surface area contributed by atoms with Gasteiger partial charge in [-0.2, -0.15) is 23.7 Å². The minimum Gasteiger partial charge on any atom is -0.435 e. The number of anilines is 2. The number of aromatic nitrogens is 4. The first-order valence-electron chi connectivity index (χ1n) is 8.42. The number of Topliss-reactive ketones (excluding diaryl/α,β-unsaturated/α-hetero) is 1. The lowest BCUT2D eigenvalue weighted by Gasteiger charge is -2.11. The molecule has 0 fully saturated rings. The molecule has 0 atom stereocenters. The Kier molecular flexibility index (Phi) is 5.97. The molecule has 0 spiro atoms. The Hall–Kier alpha value is -3.21. The average Bonchev–Trinajstić information content (AvgIpc) is 2.94. The molecule has 0 aliphatic heterocycles. The van der Waals surface area contributed by atoms with E-state index in [0.717, 1.165) is 28.8 Å². The summed E-state index contributed by atoms with van der Waals surface area (Å²) < 4.78 is 30.9. The van der Waals surface area contributed by atoms with Gasteiger partial charge in [0.2, 0.25) is 11.9 Å². The molecule has 3 aromatic rings. The highest BCUT2D eigenvalue weighted by molar-refractivity contribution is 7.99. The second-order valence-electron chi connectivity index (χ2n) is 6.04. The van der Waals surface area contributed by atoms with Crippen LogP contribution in [0.5, 0.6) is 5.75 Å². The smallest absolute Gasteiger partial charge is 0.387 e. The van der Waals surface area contributed by atoms with E-state index in [0.29, 0.717) is 5.56 Å². The van der Waals surface area contributed by atoms with Crippen molar-refractivity contribution in [1.82, 2.24) is 19.5 Å². The van der Waals surface area contributed by atoms with Crippen molar-refractivity contribution in [1.29, 1.82) is 0 Å². The van der Waals surface area contributed by atoms with Gasteiger partial charge in [0.15, 0.2) is 10.9 Å². The number of thioether (sulfide) groups is 1. The SMILES string of the molecule is Cc1cc(C(=O)CSc2nc(N)nc(N)n2)c(C)n1-c1ccc(OC(F)F)cc1. The van der Waals surface area contributed by atoms with Gasteiger partial charge in [-0.25, -0.2) is 0 Å². The fraction of sp³-hybridized carbons (Fsp3) is 0.222. The topological polar surface area (TPSA) is 122 Å². The maximum Gasteiger partial charge on any atom is 0.387 e. The highest BCUT2D eigenvalue weighted by atomic mass is 32.2. The number of carbonyl (C=O) groups excluding carboxylic acids is 1. The summed E-state index contributed by atoms with van der Waals surface area (Å²) in [5.74, 6) is 0.0168. The van der Waals surface area contributed by atoms with E-state index in [9.17, 15) is 13.6 Å². The number of rotatable bonds is 7. The number of ether oxygens (including phenoxy) is 1. The molecule has 1 aromatic carbocycles. The molecule has 0 unspecified atom stereocenters. The minimum atomic E-state index is -2.88. The Morgan fingerprint density at radius 3 is 2.34 bits per heavy atom. The van der Waals surface area contributed by atoms with Gasteiger partial charge in [-0.3, -0.25) is 4.79 Å². The van der Waals surface area contributed by atoms with E-state index in [1.54, 1.807) is 18.2 Å². The van der Waals surface area contributed by atoms with E-state index < -0.39 is 6.61 Å². The molecule has 8 nitrogen and oxygen atoms in total. The van der Waals surface area contributed by atoms with Crippen LogP contribution in [0.2, 0.25) is 0 Å². The molecule has 4 N–H and O–H groups in total. The molecule has 0 radical (unpaired) electrons. The Morgan fingerprint density at radius 1 is 1.14 bits per heavy atom. The molecular formula is C18H18F2N6O2S. The number of aryl methyl sites for hydroxylation is 1. The molecule has 0 bridgehead atoms. The highest BCUT2D eigenvalue weighted by Gasteiger charge is 2.18. The lowest BCUT2D eigenvalue weighted by atomic mass is 10.2. The zero-order chi connectivity index (χ0) is 21.1. The van der Waals surface area contributed by atoms with Crippen molar-refractivity contribution >= 4 is 29.4 Å². The number of carbonyl (C=O) groups is 1. The number of alkyl halides is 2. The van der Waals surface area contributed by atoms with Gasteiger partial charge < -0.3 is 20.8 Å². The molecule has 0 saturated heterocycles. The fourth-order valence-electron chi connectivity index (χ4n) is 2.88. The second-order valence-corrected chi connectivity index (χ2v) is 6.98. The van der Waals surface area contributed by atoms with Crippen LogP contribution in [0.15, 0.2) is 35.5 Å². The van der Waals surface area contributed by atoms with Crippen LogP contribution in [0.3, 0.4) is 0 Å². The highest BCUT2D eigenvalue weighted by Crippen LogP contribution is 2.25. The largest absolute Gasteiger partial charge is 0.435 e. The normalized spacial score (nSPS) is 11.1. The number of halogens is 2. The first-order valence-corrected chi connectivity index (χ1v) is 9.40. The van der Waals surface area contributed by atoms with Crippen LogP contribution in [0.4, 0.5) is 20.7 Å². The van der Waals surface area contributed by atoms with E-state index in [2.05, 4.69) is 19.7 Å². The van der Waals surface area contributed by atoms with Crippen molar-refractivity contribution in [2.24, 2.45) is 0 Å². The number of benzene rings is 1. The van der Waals surface area contributed by atoms with E-state index in [4.69, 9.17) is 11.5 Å². The molecule has 0 saturated carbocycles. The third-order valence-corrected chi connectivity index (χ3v) is 4.88. The van der Waals surface area contributed by atoms with Crippen LogP contribution >= 0.6 is 11.8 Å². The Morgan fingerprint density at radius 2 is 1.76 bits per heavy atom. The molecular weight excluding hydrogens is 402 g/mol. The quantitative estimate of drug-likeness (QED) is 0.442. The van der Waals surface area contributed by atoms with Gasteiger partial charge in [0, 0.05) is 22.6 Å². The zero-order valence-electron chi connectivity index (χ0n) is 15.6. The summed E-state index contributed by atoms with van der Waals surface area (Å²) in [6, 6.07) is 7.98. The molecule has 0 amide bonds. The second kappa shape index (κ2) is 8.43. The van der Waals surface area contributed by atoms with Gasteiger partial charge in [0.1, 0.15) is 5.75 Å². The van der Waals surface area contributed by atoms with Gasteiger partial charge in [-0.1, -0.05) is 11.8 Å². The van der Waals surface area contributed by atoms with Crippen molar-refractivity contribution in [2.45, 2.75) is 25.6 Å². The standard InChI is InChI=1S/C18H18F2N6O2S/c1-9-7-13(14(27)8-29-18-24-16(21)23-17(22)25-18)10(2)26(9)11-3-5-12(6-4-11)28-15(19)20/h3-7,15H,8H2,1-2H3,(H4,21,22,23,24,25).